The predicted octanol–water partition coefficient (Wildman–Crippen LogP) is 6.48. The zero-order valence-corrected chi connectivity index (χ0v) is 40.8. The van der Waals surface area contributed by atoms with Crippen molar-refractivity contribution in [1.82, 2.24) is 18.3 Å². The lowest BCUT2D eigenvalue weighted by Gasteiger charge is -2.25. The summed E-state index contributed by atoms with van der Waals surface area (Å²) in [7, 11) is 0. The largest absolute Gasteiger partial charge is 0.494 e. The van der Waals surface area contributed by atoms with Gasteiger partial charge in [0.15, 0.2) is 0 Å². The molecule has 2 aliphatic heterocycles. The molecule has 6 rings (SSSR count). The maximum absolute atomic E-state index is 13.8. The van der Waals surface area contributed by atoms with Gasteiger partial charge >= 0.3 is 23.3 Å². The van der Waals surface area contributed by atoms with E-state index in [2.05, 4.69) is 24.6 Å². The molecule has 16 nitrogen and oxygen atoms in total. The minimum atomic E-state index is -0.770. The van der Waals surface area contributed by atoms with E-state index in [9.17, 15) is 39.0 Å². The van der Waals surface area contributed by atoms with E-state index in [0.29, 0.717) is 48.5 Å². The fourth-order valence-corrected chi connectivity index (χ4v) is 8.95. The average molecular weight is 943 g/mol. The third-order valence-electron chi connectivity index (χ3n) is 12.6. The number of hydrogen-bond acceptors (Lipinski definition) is 12. The molecule has 2 N–H and O–H groups in total. The smallest absolute Gasteiger partial charge is 0.333 e. The monoisotopic (exact) mass is 942 g/mol. The molecule has 2 aliphatic rings. The summed E-state index contributed by atoms with van der Waals surface area (Å²) in [5, 5.41) is 23.3. The summed E-state index contributed by atoms with van der Waals surface area (Å²) < 4.78 is 14.8. The number of rotatable bonds is 18. The van der Waals surface area contributed by atoms with Gasteiger partial charge in [0.2, 0.25) is 11.8 Å². The summed E-state index contributed by atoms with van der Waals surface area (Å²) in [6, 6.07) is 15.7. The fraction of sp³-hybridized carbons (Fsp3) is 0.396. The van der Waals surface area contributed by atoms with Gasteiger partial charge in [0.05, 0.1) is 24.6 Å². The van der Waals surface area contributed by atoms with Crippen LogP contribution in [0.3, 0.4) is 0 Å². The first kappa shape index (κ1) is 50.9. The van der Waals surface area contributed by atoms with Crippen molar-refractivity contribution in [3.63, 3.8) is 0 Å². The Kier molecular flexibility index (Phi) is 15.3. The molecule has 2 aromatic heterocycles. The van der Waals surface area contributed by atoms with Crippen LogP contribution < -0.4 is 32.3 Å². The fourth-order valence-electron chi connectivity index (χ4n) is 8.95. The van der Waals surface area contributed by atoms with Gasteiger partial charge in [-0.25, -0.2) is 19.2 Å². The molecule has 0 saturated heterocycles. The van der Waals surface area contributed by atoms with Crippen LogP contribution in [0.25, 0.3) is 12.2 Å². The number of fused-ring (bicyclic) bond motifs is 2. The number of anilines is 2. The quantitative estimate of drug-likeness (QED) is 0.0479. The summed E-state index contributed by atoms with van der Waals surface area (Å²) in [5.41, 5.74) is 7.86. The van der Waals surface area contributed by atoms with Crippen molar-refractivity contribution in [1.29, 1.82) is 0 Å². The van der Waals surface area contributed by atoms with Crippen molar-refractivity contribution in [2.75, 3.05) is 36.1 Å². The number of carbonyl (C=O) groups is 2. The van der Waals surface area contributed by atoms with Gasteiger partial charge in [0, 0.05) is 84.8 Å². The molecule has 4 aromatic rings. The lowest BCUT2D eigenvalue weighted by molar-refractivity contribution is -0.139. The standard InChI is InChI=1S/C53H62N6O10/c1-11-54-44(60)36(24-26-42-52(7,8)38-20-13-15-22-40(38)56(42)30-18-32-68-48(64)34(3)4)46(62)58(50(54)66)28-17-29-59-47(63)37(45(61)55(12-2)51(59)67)25-27-43-53(9,10)39-21-14-16-23-41(39)57(43)31-19-33-69-49(65)35(5)6/h13-16,20-25,62-63H,3,5,11-12,17-19,28-33H2,1-2,4,6-10H3. The van der Waals surface area contributed by atoms with Gasteiger partial charge < -0.3 is 29.5 Å². The maximum Gasteiger partial charge on any atom is 0.333 e. The molecule has 0 amide bonds. The molecule has 0 bridgehead atoms. The van der Waals surface area contributed by atoms with Crippen LogP contribution in [0.1, 0.15) is 96.9 Å². The molecule has 0 radical (unpaired) electrons. The number of aromatic hydroxyl groups is 2. The number of aromatic nitrogens is 4. The van der Waals surface area contributed by atoms with Crippen LogP contribution in [0.5, 0.6) is 11.8 Å². The van der Waals surface area contributed by atoms with E-state index in [0.717, 1.165) is 40.8 Å². The number of hydrogen-bond donors (Lipinski definition) is 2. The highest BCUT2D eigenvalue weighted by molar-refractivity contribution is 5.87. The molecule has 0 unspecified atom stereocenters. The molecule has 0 saturated carbocycles. The van der Waals surface area contributed by atoms with Crippen LogP contribution in [0.2, 0.25) is 0 Å². The minimum absolute atomic E-state index is 0.00396. The van der Waals surface area contributed by atoms with Gasteiger partial charge in [-0.05, 0) is 97.9 Å². The Morgan fingerprint density at radius 1 is 0.594 bits per heavy atom. The van der Waals surface area contributed by atoms with Crippen LogP contribution in [0, 0.1) is 0 Å². The molecule has 0 atom stereocenters. The Morgan fingerprint density at radius 2 is 0.957 bits per heavy atom. The summed E-state index contributed by atoms with van der Waals surface area (Å²) in [5.74, 6) is -2.16. The Morgan fingerprint density at radius 3 is 1.30 bits per heavy atom. The van der Waals surface area contributed by atoms with E-state index in [1.54, 1.807) is 27.7 Å². The van der Waals surface area contributed by atoms with E-state index in [4.69, 9.17) is 9.47 Å². The topological polar surface area (TPSA) is 188 Å². The summed E-state index contributed by atoms with van der Waals surface area (Å²) in [6.45, 7) is 22.6. The van der Waals surface area contributed by atoms with Crippen LogP contribution in [-0.4, -0.2) is 66.7 Å². The molecule has 69 heavy (non-hydrogen) atoms. The second-order valence-corrected chi connectivity index (χ2v) is 18.2. The van der Waals surface area contributed by atoms with Gasteiger partial charge in [-0.2, -0.15) is 0 Å². The first-order valence-corrected chi connectivity index (χ1v) is 23.2. The molecular formula is C53H62N6O10. The SMILES string of the molecule is C=C(C)C(=O)OCCCN1C(=C=Cc2c(O)n(CCCn3c(O)c(C=C=C4N(CCCOC(=O)C(=C)C)c5ccccc5C4(C)C)c(=O)n(CC)c3=O)c(=O)n(CC)c2=O)C(C)(C)c2ccccc21. The predicted molar refractivity (Wildman–Crippen MR) is 267 cm³/mol. The Bertz CT molecular complexity index is 2900. The number of benzene rings is 2. The second kappa shape index (κ2) is 20.8. The van der Waals surface area contributed by atoms with Crippen molar-refractivity contribution >= 4 is 35.5 Å². The summed E-state index contributed by atoms with van der Waals surface area (Å²) in [4.78, 5) is 83.2. The number of nitrogens with zero attached hydrogens (tertiary/aromatic N) is 6. The number of carbonyl (C=O) groups excluding carboxylic acids is 2. The van der Waals surface area contributed by atoms with E-state index in [-0.39, 0.29) is 56.9 Å². The Balaban J connectivity index is 1.33. The molecule has 16 heteroatoms. The zero-order chi connectivity index (χ0) is 50.5. The van der Waals surface area contributed by atoms with Gasteiger partial charge in [-0.15, -0.1) is 0 Å². The van der Waals surface area contributed by atoms with Crippen molar-refractivity contribution in [2.45, 2.75) is 112 Å². The molecule has 0 aliphatic carbocycles. The summed E-state index contributed by atoms with van der Waals surface area (Å²) in [6.07, 6.45) is 3.71. The van der Waals surface area contributed by atoms with Crippen LogP contribution in [0.15, 0.2) is 115 Å². The van der Waals surface area contributed by atoms with Crippen LogP contribution in [0.4, 0.5) is 11.4 Å². The first-order chi connectivity index (χ1) is 32.7. The lowest BCUT2D eigenvalue weighted by atomic mass is 9.84. The van der Waals surface area contributed by atoms with Crippen molar-refractivity contribution in [2.24, 2.45) is 0 Å². The van der Waals surface area contributed by atoms with E-state index >= 15 is 0 Å². The number of ether oxygens (including phenoxy) is 2. The number of para-hydroxylation sites is 2. The van der Waals surface area contributed by atoms with Crippen molar-refractivity contribution in [3.05, 3.63) is 160 Å². The molecule has 0 fully saturated rings. The normalized spacial score (nSPS) is 14.1. The van der Waals surface area contributed by atoms with Gasteiger partial charge in [0.25, 0.3) is 11.1 Å². The van der Waals surface area contributed by atoms with E-state index in [1.165, 1.54) is 12.2 Å². The molecule has 364 valence electrons. The number of allylic oxidation sites excluding steroid dienone is 2. The number of esters is 2. The second-order valence-electron chi connectivity index (χ2n) is 18.2. The van der Waals surface area contributed by atoms with Crippen LogP contribution >= 0.6 is 0 Å². The Hall–Kier alpha value is -7.54. The Labute approximate surface area is 401 Å². The summed E-state index contributed by atoms with van der Waals surface area (Å²) >= 11 is 0. The average Bonchev–Trinajstić information content (AvgIpc) is 3.66. The molecule has 0 spiro atoms. The first-order valence-electron chi connectivity index (χ1n) is 23.2. The van der Waals surface area contributed by atoms with E-state index < -0.39 is 57.0 Å². The zero-order valence-electron chi connectivity index (χ0n) is 40.8. The molecule has 4 heterocycles. The third kappa shape index (κ3) is 9.90. The minimum Gasteiger partial charge on any atom is -0.494 e. The highest BCUT2D eigenvalue weighted by atomic mass is 16.5. The lowest BCUT2D eigenvalue weighted by Crippen LogP contribution is -2.42. The third-order valence-corrected chi connectivity index (χ3v) is 12.6. The molecular weight excluding hydrogens is 881 g/mol. The molecule has 2 aromatic carbocycles. The van der Waals surface area contributed by atoms with Gasteiger partial charge in [-0.3, -0.25) is 27.9 Å². The highest BCUT2D eigenvalue weighted by Gasteiger charge is 2.41. The van der Waals surface area contributed by atoms with Crippen molar-refractivity contribution in [3.8, 4) is 11.8 Å². The highest BCUT2D eigenvalue weighted by Crippen LogP contribution is 2.48. The van der Waals surface area contributed by atoms with Gasteiger partial charge in [0.1, 0.15) is 11.1 Å². The maximum atomic E-state index is 13.8. The van der Waals surface area contributed by atoms with Crippen LogP contribution in [-0.2, 0) is 56.1 Å². The van der Waals surface area contributed by atoms with Crippen molar-refractivity contribution < 1.29 is 29.3 Å². The van der Waals surface area contributed by atoms with E-state index in [1.807, 2.05) is 86.0 Å². The van der Waals surface area contributed by atoms with Gasteiger partial charge in [-0.1, -0.05) is 61.0 Å².